The fourth-order valence-electron chi connectivity index (χ4n) is 1.44. The Balaban J connectivity index is 2.27. The molecule has 0 aliphatic rings. The predicted octanol–water partition coefficient (Wildman–Crippen LogP) is 1.20. The molecule has 1 rings (SSSR count). The Labute approximate surface area is 104 Å². The summed E-state index contributed by atoms with van der Waals surface area (Å²) >= 11 is -1.92. The van der Waals surface area contributed by atoms with Gasteiger partial charge in [-0.15, -0.1) is 0 Å². The van der Waals surface area contributed by atoms with Crippen molar-refractivity contribution in [1.82, 2.24) is 5.32 Å². The molecule has 0 spiro atoms. The van der Waals surface area contributed by atoms with E-state index in [4.69, 9.17) is 4.55 Å². The van der Waals surface area contributed by atoms with Crippen molar-refractivity contribution < 1.29 is 13.6 Å². The highest BCUT2D eigenvalue weighted by atomic mass is 32.2. The summed E-state index contributed by atoms with van der Waals surface area (Å²) in [7, 11) is 0. The van der Waals surface area contributed by atoms with Crippen molar-refractivity contribution in [3.05, 3.63) is 35.9 Å². The average molecular weight is 255 g/mol. The molecule has 0 heterocycles. The lowest BCUT2D eigenvalue weighted by Gasteiger charge is -2.10. The first kappa shape index (κ1) is 13.9. The maximum absolute atomic E-state index is 11.5. The van der Waals surface area contributed by atoms with Gasteiger partial charge in [-0.25, -0.2) is 4.21 Å². The van der Waals surface area contributed by atoms with Crippen molar-refractivity contribution in [3.63, 3.8) is 0 Å². The van der Waals surface area contributed by atoms with Crippen LogP contribution in [0.5, 0.6) is 0 Å². The van der Waals surface area contributed by atoms with Crippen molar-refractivity contribution >= 4 is 17.0 Å². The molecule has 0 aromatic heterocycles. The van der Waals surface area contributed by atoms with Crippen LogP contribution in [0.3, 0.4) is 0 Å². The number of carbonyl (C=O) groups is 1. The maximum atomic E-state index is 11.5. The van der Waals surface area contributed by atoms with Crippen molar-refractivity contribution in [3.8, 4) is 0 Å². The maximum Gasteiger partial charge on any atom is 0.223 e. The fourth-order valence-corrected chi connectivity index (χ4v) is 2.02. The van der Waals surface area contributed by atoms with Gasteiger partial charge in [-0.1, -0.05) is 37.3 Å². The first-order valence-corrected chi connectivity index (χ1v) is 6.76. The minimum Gasteiger partial charge on any atom is -0.356 e. The lowest BCUT2D eigenvalue weighted by molar-refractivity contribution is -0.123. The molecule has 94 valence electrons. The smallest absolute Gasteiger partial charge is 0.223 e. The molecule has 4 nitrogen and oxygen atoms in total. The van der Waals surface area contributed by atoms with Gasteiger partial charge in [-0.2, -0.15) is 0 Å². The quantitative estimate of drug-likeness (QED) is 0.751. The van der Waals surface area contributed by atoms with Crippen molar-refractivity contribution in [2.75, 3.05) is 12.3 Å². The number of rotatable bonds is 6. The Morgan fingerprint density at radius 1 is 1.41 bits per heavy atom. The van der Waals surface area contributed by atoms with Gasteiger partial charge in [0.2, 0.25) is 5.91 Å². The van der Waals surface area contributed by atoms with Crippen molar-refractivity contribution in [2.24, 2.45) is 5.92 Å². The summed E-state index contributed by atoms with van der Waals surface area (Å²) in [5.74, 6) is -0.628. The number of hydrogen-bond acceptors (Lipinski definition) is 2. The normalized spacial score (nSPS) is 14.0. The van der Waals surface area contributed by atoms with Crippen LogP contribution in [-0.2, 0) is 22.3 Å². The van der Waals surface area contributed by atoms with Crippen molar-refractivity contribution in [1.29, 1.82) is 0 Å². The van der Waals surface area contributed by atoms with E-state index in [9.17, 15) is 9.00 Å². The van der Waals surface area contributed by atoms with Crippen LogP contribution in [0.4, 0.5) is 0 Å². The lowest BCUT2D eigenvalue weighted by atomic mass is 10.1. The van der Waals surface area contributed by atoms with E-state index in [1.54, 1.807) is 6.92 Å². The van der Waals surface area contributed by atoms with Crippen LogP contribution >= 0.6 is 0 Å². The summed E-state index contributed by atoms with van der Waals surface area (Å²) in [6.45, 7) is 2.19. The standard InChI is InChI=1S/C12H17NO3S/c1-10(9-17(15)16)12(14)13-8-7-11-5-3-2-4-6-11/h2-6,10H,7-9H2,1H3,(H,13,14)(H,15,16). The number of amides is 1. The van der Waals surface area contributed by atoms with Gasteiger partial charge in [0.05, 0.1) is 5.75 Å². The van der Waals surface area contributed by atoms with E-state index in [1.165, 1.54) is 0 Å². The lowest BCUT2D eigenvalue weighted by Crippen LogP contribution is -2.33. The van der Waals surface area contributed by atoms with Crippen LogP contribution < -0.4 is 5.32 Å². The Hall–Kier alpha value is -1.20. The molecule has 5 heteroatoms. The van der Waals surface area contributed by atoms with E-state index >= 15 is 0 Å². The van der Waals surface area contributed by atoms with Gasteiger partial charge in [0.15, 0.2) is 11.1 Å². The highest BCUT2D eigenvalue weighted by Gasteiger charge is 2.14. The van der Waals surface area contributed by atoms with Crippen LogP contribution in [0, 0.1) is 5.92 Å². The van der Waals surface area contributed by atoms with Crippen LogP contribution in [-0.4, -0.2) is 27.0 Å². The summed E-state index contributed by atoms with van der Waals surface area (Å²) in [5.41, 5.74) is 1.16. The van der Waals surface area contributed by atoms with E-state index in [0.717, 1.165) is 12.0 Å². The van der Waals surface area contributed by atoms with Gasteiger partial charge in [-0.05, 0) is 12.0 Å². The number of hydrogen-bond donors (Lipinski definition) is 2. The number of carbonyl (C=O) groups excluding carboxylic acids is 1. The molecule has 0 radical (unpaired) electrons. The monoisotopic (exact) mass is 255 g/mol. The second-order valence-electron chi connectivity index (χ2n) is 3.92. The Kier molecular flexibility index (Phi) is 5.86. The first-order valence-electron chi connectivity index (χ1n) is 5.48. The molecule has 2 N–H and O–H groups in total. The van der Waals surface area contributed by atoms with Gasteiger partial charge in [0, 0.05) is 12.5 Å². The fraction of sp³-hybridized carbons (Fsp3) is 0.417. The van der Waals surface area contributed by atoms with Crippen LogP contribution in [0.15, 0.2) is 30.3 Å². The Morgan fingerprint density at radius 3 is 2.65 bits per heavy atom. The highest BCUT2D eigenvalue weighted by molar-refractivity contribution is 7.79. The molecule has 0 fully saturated rings. The van der Waals surface area contributed by atoms with Gasteiger partial charge < -0.3 is 9.87 Å². The molecule has 17 heavy (non-hydrogen) atoms. The van der Waals surface area contributed by atoms with Crippen LogP contribution in [0.2, 0.25) is 0 Å². The van der Waals surface area contributed by atoms with Gasteiger partial charge in [0.25, 0.3) is 0 Å². The van der Waals surface area contributed by atoms with Gasteiger partial charge >= 0.3 is 0 Å². The molecular formula is C12H17NO3S. The second kappa shape index (κ2) is 7.19. The zero-order valence-electron chi connectivity index (χ0n) is 9.76. The summed E-state index contributed by atoms with van der Waals surface area (Å²) in [6.07, 6.45) is 0.765. The van der Waals surface area contributed by atoms with E-state index in [1.807, 2.05) is 30.3 Å². The molecule has 0 bridgehead atoms. The van der Waals surface area contributed by atoms with Crippen molar-refractivity contribution in [2.45, 2.75) is 13.3 Å². The van der Waals surface area contributed by atoms with E-state index in [0.29, 0.717) is 6.54 Å². The molecular weight excluding hydrogens is 238 g/mol. The average Bonchev–Trinajstić information content (AvgIpc) is 2.29. The largest absolute Gasteiger partial charge is 0.356 e. The molecule has 2 atom stereocenters. The van der Waals surface area contributed by atoms with E-state index < -0.39 is 17.0 Å². The number of benzene rings is 1. The summed E-state index contributed by atoms with van der Waals surface area (Å²) in [5, 5.41) is 2.75. The molecule has 2 unspecified atom stereocenters. The first-order chi connectivity index (χ1) is 8.09. The number of nitrogens with one attached hydrogen (secondary N) is 1. The molecule has 0 saturated heterocycles. The minimum absolute atomic E-state index is 0.0167. The topological polar surface area (TPSA) is 66.4 Å². The van der Waals surface area contributed by atoms with Gasteiger partial charge in [-0.3, -0.25) is 4.79 Å². The van der Waals surface area contributed by atoms with Gasteiger partial charge in [0.1, 0.15) is 0 Å². The Bertz CT molecular complexity index is 381. The summed E-state index contributed by atoms with van der Waals surface area (Å²) < 4.78 is 19.2. The molecule has 1 aromatic carbocycles. The molecule has 1 aromatic rings. The zero-order chi connectivity index (χ0) is 12.7. The highest BCUT2D eigenvalue weighted by Crippen LogP contribution is 2.00. The SMILES string of the molecule is CC(CS(=O)O)C(=O)NCCc1ccccc1. The molecule has 0 aliphatic heterocycles. The third-order valence-electron chi connectivity index (χ3n) is 2.40. The van der Waals surface area contributed by atoms with Crippen LogP contribution in [0.1, 0.15) is 12.5 Å². The van der Waals surface area contributed by atoms with E-state index in [2.05, 4.69) is 5.32 Å². The minimum atomic E-state index is -1.92. The summed E-state index contributed by atoms with van der Waals surface area (Å²) in [4.78, 5) is 11.5. The molecule has 1 amide bonds. The third kappa shape index (κ3) is 5.60. The third-order valence-corrected chi connectivity index (χ3v) is 3.18. The van der Waals surface area contributed by atoms with E-state index in [-0.39, 0.29) is 11.7 Å². The van der Waals surface area contributed by atoms with Crippen LogP contribution in [0.25, 0.3) is 0 Å². The molecule has 0 saturated carbocycles. The molecule has 0 aliphatic carbocycles. The summed E-state index contributed by atoms with van der Waals surface area (Å²) in [6, 6.07) is 9.85. The second-order valence-corrected chi connectivity index (χ2v) is 4.89. The zero-order valence-corrected chi connectivity index (χ0v) is 10.6. The predicted molar refractivity (Wildman–Crippen MR) is 68.0 cm³/mol. The Morgan fingerprint density at radius 2 is 2.06 bits per heavy atom.